The summed E-state index contributed by atoms with van der Waals surface area (Å²) >= 11 is 0. The van der Waals surface area contributed by atoms with Gasteiger partial charge in [0, 0.05) is 24.2 Å². The summed E-state index contributed by atoms with van der Waals surface area (Å²) in [4.78, 5) is 0. The highest BCUT2D eigenvalue weighted by molar-refractivity contribution is 5.10. The van der Waals surface area contributed by atoms with E-state index >= 15 is 0 Å². The Balaban J connectivity index is 4.73. The summed E-state index contributed by atoms with van der Waals surface area (Å²) in [6, 6.07) is 0. The molecule has 118 valence electrons. The number of hydrogen-bond acceptors (Lipinski definition) is 4. The Bertz CT molecular complexity index is 347. The molecule has 0 fully saturated rings. The van der Waals surface area contributed by atoms with Crippen LogP contribution in [0.5, 0.6) is 0 Å². The fourth-order valence-electron chi connectivity index (χ4n) is 1.40. The fourth-order valence-corrected chi connectivity index (χ4v) is 1.40. The molecule has 0 bridgehead atoms. The van der Waals surface area contributed by atoms with Crippen molar-refractivity contribution in [3.63, 3.8) is 0 Å². The molecule has 0 spiro atoms. The van der Waals surface area contributed by atoms with Crippen molar-refractivity contribution in [2.75, 3.05) is 13.1 Å². The summed E-state index contributed by atoms with van der Waals surface area (Å²) in [5, 5.41) is 25.8. The van der Waals surface area contributed by atoms with Gasteiger partial charge in [0.2, 0.25) is 0 Å². The molecule has 0 unspecified atom stereocenters. The lowest BCUT2D eigenvalue weighted by atomic mass is 9.82. The largest absolute Gasteiger partial charge is 0.513 e. The van der Waals surface area contributed by atoms with Crippen LogP contribution in [0.25, 0.3) is 0 Å². The molecule has 0 aliphatic rings. The van der Waals surface area contributed by atoms with Crippen LogP contribution in [0.15, 0.2) is 22.7 Å². The number of allylic oxidation sites excluding steroid dienone is 2. The zero-order valence-corrected chi connectivity index (χ0v) is 14.3. The van der Waals surface area contributed by atoms with Crippen LogP contribution in [0.2, 0.25) is 0 Å². The Labute approximate surface area is 124 Å². The van der Waals surface area contributed by atoms with E-state index in [1.807, 2.05) is 13.8 Å². The van der Waals surface area contributed by atoms with Crippen molar-refractivity contribution >= 4 is 0 Å². The van der Waals surface area contributed by atoms with Gasteiger partial charge in [-0.05, 0) is 66.5 Å². The predicted octanol–water partition coefficient (Wildman–Crippen LogP) is 3.43. The summed E-state index contributed by atoms with van der Waals surface area (Å²) in [6.45, 7) is 17.0. The maximum atomic E-state index is 9.45. The number of aliphatic hydroxyl groups is 2. The molecule has 0 heterocycles. The van der Waals surface area contributed by atoms with Gasteiger partial charge in [0.15, 0.2) is 0 Å². The van der Waals surface area contributed by atoms with Crippen LogP contribution in [-0.2, 0) is 0 Å². The number of hydrogen-bond donors (Lipinski definition) is 4. The second kappa shape index (κ2) is 7.14. The average molecular weight is 284 g/mol. The van der Waals surface area contributed by atoms with Gasteiger partial charge in [0.05, 0.1) is 11.5 Å². The highest BCUT2D eigenvalue weighted by Gasteiger charge is 2.36. The third-order valence-electron chi connectivity index (χ3n) is 4.39. The van der Waals surface area contributed by atoms with Gasteiger partial charge in [0.1, 0.15) is 0 Å². The normalized spacial score (nSPS) is 15.8. The predicted molar refractivity (Wildman–Crippen MR) is 86.2 cm³/mol. The first-order chi connectivity index (χ1) is 8.90. The Morgan fingerprint density at radius 1 is 0.700 bits per heavy atom. The molecule has 0 aromatic heterocycles. The number of aliphatic hydroxyl groups excluding tert-OH is 2. The molecule has 4 nitrogen and oxygen atoms in total. The van der Waals surface area contributed by atoms with Crippen molar-refractivity contribution in [1.82, 2.24) is 10.6 Å². The van der Waals surface area contributed by atoms with Gasteiger partial charge in [-0.3, -0.25) is 0 Å². The molecule has 0 amide bonds. The smallest absolute Gasteiger partial charge is 0.0893 e. The summed E-state index contributed by atoms with van der Waals surface area (Å²) in [6.07, 6.45) is 0. The lowest BCUT2D eigenvalue weighted by molar-refractivity contribution is 0.201. The monoisotopic (exact) mass is 284 g/mol. The van der Waals surface area contributed by atoms with Crippen LogP contribution in [-0.4, -0.2) is 34.4 Å². The van der Waals surface area contributed by atoms with Crippen molar-refractivity contribution in [2.45, 2.75) is 66.5 Å². The van der Waals surface area contributed by atoms with Gasteiger partial charge in [-0.25, -0.2) is 0 Å². The quantitative estimate of drug-likeness (QED) is 0.541. The van der Waals surface area contributed by atoms with Gasteiger partial charge >= 0.3 is 0 Å². The second-order valence-corrected chi connectivity index (χ2v) is 6.69. The van der Waals surface area contributed by atoms with Crippen LogP contribution in [0.4, 0.5) is 0 Å². The van der Waals surface area contributed by atoms with Crippen LogP contribution >= 0.6 is 0 Å². The molecule has 0 aliphatic heterocycles. The van der Waals surface area contributed by atoms with E-state index in [1.165, 1.54) is 0 Å². The van der Waals surface area contributed by atoms with E-state index in [9.17, 15) is 10.2 Å². The van der Waals surface area contributed by atoms with Gasteiger partial charge in [0.25, 0.3) is 0 Å². The van der Waals surface area contributed by atoms with Crippen LogP contribution in [0, 0.1) is 0 Å². The SMILES string of the molecule is C/C(O)=C(\C)CNC(C)(C)C(C)(C)NC/C(C)=C(/C)O. The first-order valence-electron chi connectivity index (χ1n) is 7.11. The molecule has 0 rings (SSSR count). The topological polar surface area (TPSA) is 64.5 Å². The van der Waals surface area contributed by atoms with E-state index < -0.39 is 0 Å². The Morgan fingerprint density at radius 3 is 1.15 bits per heavy atom. The van der Waals surface area contributed by atoms with E-state index in [0.29, 0.717) is 24.6 Å². The standard InChI is InChI=1S/C16H32N2O2/c1-11(13(3)19)9-17-15(5,6)16(7,8)18-10-12(2)14(4)20/h17-20H,9-10H2,1-8H3/b13-11-,14-12-. The van der Waals surface area contributed by atoms with E-state index in [1.54, 1.807) is 13.8 Å². The minimum absolute atomic E-state index is 0.173. The average Bonchev–Trinajstić information content (AvgIpc) is 2.32. The number of nitrogens with one attached hydrogen (secondary N) is 2. The molecule has 4 heteroatoms. The zero-order valence-electron chi connectivity index (χ0n) is 14.3. The van der Waals surface area contributed by atoms with Crippen LogP contribution in [0.1, 0.15) is 55.4 Å². The maximum Gasteiger partial charge on any atom is 0.0893 e. The molecular formula is C16H32N2O2. The summed E-state index contributed by atoms with van der Waals surface area (Å²) in [7, 11) is 0. The molecule has 0 atom stereocenters. The van der Waals surface area contributed by atoms with Gasteiger partial charge < -0.3 is 20.8 Å². The van der Waals surface area contributed by atoms with Crippen molar-refractivity contribution in [1.29, 1.82) is 0 Å². The van der Waals surface area contributed by atoms with E-state index in [-0.39, 0.29) is 11.1 Å². The summed E-state index contributed by atoms with van der Waals surface area (Å²) < 4.78 is 0. The third-order valence-corrected chi connectivity index (χ3v) is 4.39. The first-order valence-corrected chi connectivity index (χ1v) is 7.11. The van der Waals surface area contributed by atoms with Gasteiger partial charge in [-0.2, -0.15) is 0 Å². The Hall–Kier alpha value is -1.00. The molecule has 4 N–H and O–H groups in total. The van der Waals surface area contributed by atoms with E-state index in [0.717, 1.165) is 11.1 Å². The van der Waals surface area contributed by atoms with Gasteiger partial charge in [-0.1, -0.05) is 0 Å². The summed E-state index contributed by atoms with van der Waals surface area (Å²) in [5.74, 6) is 0.738. The van der Waals surface area contributed by atoms with Crippen LogP contribution < -0.4 is 10.6 Å². The zero-order chi connectivity index (χ0) is 16.1. The van der Waals surface area contributed by atoms with Crippen molar-refractivity contribution < 1.29 is 10.2 Å². The second-order valence-electron chi connectivity index (χ2n) is 6.69. The van der Waals surface area contributed by atoms with Crippen molar-refractivity contribution in [2.24, 2.45) is 0 Å². The fraction of sp³-hybridized carbons (Fsp3) is 0.750. The first kappa shape index (κ1) is 19.0. The molecule has 0 aliphatic carbocycles. The minimum Gasteiger partial charge on any atom is -0.513 e. The molecule has 0 radical (unpaired) electrons. The van der Waals surface area contributed by atoms with Gasteiger partial charge in [-0.15, -0.1) is 0 Å². The van der Waals surface area contributed by atoms with Crippen LogP contribution in [0.3, 0.4) is 0 Å². The molecular weight excluding hydrogens is 252 g/mol. The summed E-state index contributed by atoms with van der Waals surface area (Å²) in [5.41, 5.74) is 1.54. The highest BCUT2D eigenvalue weighted by Crippen LogP contribution is 2.22. The van der Waals surface area contributed by atoms with Crippen molar-refractivity contribution in [3.8, 4) is 0 Å². The van der Waals surface area contributed by atoms with E-state index in [4.69, 9.17) is 0 Å². The molecule has 20 heavy (non-hydrogen) atoms. The van der Waals surface area contributed by atoms with Crippen molar-refractivity contribution in [3.05, 3.63) is 22.7 Å². The molecule has 0 saturated heterocycles. The highest BCUT2D eigenvalue weighted by atomic mass is 16.3. The minimum atomic E-state index is -0.173. The van der Waals surface area contributed by atoms with E-state index in [2.05, 4.69) is 38.3 Å². The Kier molecular flexibility index (Phi) is 6.78. The lowest BCUT2D eigenvalue weighted by Crippen LogP contribution is -2.63. The lowest BCUT2D eigenvalue weighted by Gasteiger charge is -2.43. The third kappa shape index (κ3) is 5.55. The molecule has 0 aromatic carbocycles. The molecule has 0 saturated carbocycles. The molecule has 0 aromatic rings. The maximum absolute atomic E-state index is 9.45. The Morgan fingerprint density at radius 2 is 0.950 bits per heavy atom. The number of rotatable bonds is 7.